The van der Waals surface area contributed by atoms with Gasteiger partial charge in [-0.05, 0) is 56.7 Å². The lowest BCUT2D eigenvalue weighted by molar-refractivity contribution is -0.124. The van der Waals surface area contributed by atoms with Crippen molar-refractivity contribution in [2.45, 2.75) is 32.9 Å². The van der Waals surface area contributed by atoms with E-state index < -0.39 is 0 Å². The molecule has 140 valence electrons. The standard InChI is InChI=1S/C20H25ClN2O3/c1-20(2,3)23-19(24)13-26-16-8-5-14(6-9-16)12-22-15-7-10-18(25-4)17(21)11-15/h5-11,22H,12-13H2,1-4H3,(H,23,24). The summed E-state index contributed by atoms with van der Waals surface area (Å²) in [6, 6.07) is 13.2. The van der Waals surface area contributed by atoms with Gasteiger partial charge in [-0.25, -0.2) is 0 Å². The molecular formula is C20H25ClN2O3. The van der Waals surface area contributed by atoms with Crippen LogP contribution in [-0.4, -0.2) is 25.2 Å². The molecule has 0 aliphatic heterocycles. The van der Waals surface area contributed by atoms with Crippen LogP contribution in [0.2, 0.25) is 5.02 Å². The molecule has 0 aliphatic rings. The van der Waals surface area contributed by atoms with E-state index in [1.165, 1.54) is 0 Å². The van der Waals surface area contributed by atoms with E-state index in [-0.39, 0.29) is 18.1 Å². The van der Waals surface area contributed by atoms with Gasteiger partial charge in [0.25, 0.3) is 5.91 Å². The van der Waals surface area contributed by atoms with E-state index in [2.05, 4.69) is 10.6 Å². The summed E-state index contributed by atoms with van der Waals surface area (Å²) < 4.78 is 10.6. The maximum Gasteiger partial charge on any atom is 0.258 e. The smallest absolute Gasteiger partial charge is 0.258 e. The summed E-state index contributed by atoms with van der Waals surface area (Å²) in [6.45, 7) is 6.45. The average Bonchev–Trinajstić information content (AvgIpc) is 2.57. The first-order chi connectivity index (χ1) is 12.3. The van der Waals surface area contributed by atoms with Crippen molar-refractivity contribution in [2.24, 2.45) is 0 Å². The molecule has 0 radical (unpaired) electrons. The zero-order valence-electron chi connectivity index (χ0n) is 15.6. The fraction of sp³-hybridized carbons (Fsp3) is 0.350. The van der Waals surface area contributed by atoms with Gasteiger partial charge in [-0.2, -0.15) is 0 Å². The molecule has 5 nitrogen and oxygen atoms in total. The van der Waals surface area contributed by atoms with Gasteiger partial charge in [0.15, 0.2) is 6.61 Å². The summed E-state index contributed by atoms with van der Waals surface area (Å²) >= 11 is 6.12. The second kappa shape index (κ2) is 8.81. The first kappa shape index (κ1) is 19.9. The fourth-order valence-electron chi connectivity index (χ4n) is 2.29. The fourth-order valence-corrected chi connectivity index (χ4v) is 2.54. The molecule has 0 aliphatic carbocycles. The lowest BCUT2D eigenvalue weighted by atomic mass is 10.1. The number of anilines is 1. The van der Waals surface area contributed by atoms with E-state index in [1.54, 1.807) is 7.11 Å². The Hall–Kier alpha value is -2.40. The number of carbonyl (C=O) groups is 1. The molecule has 0 bridgehead atoms. The quantitative estimate of drug-likeness (QED) is 0.758. The Labute approximate surface area is 159 Å². The van der Waals surface area contributed by atoms with Gasteiger partial charge < -0.3 is 20.1 Å². The summed E-state index contributed by atoms with van der Waals surface area (Å²) in [5, 5.41) is 6.73. The summed E-state index contributed by atoms with van der Waals surface area (Å²) in [6.07, 6.45) is 0. The van der Waals surface area contributed by atoms with Crippen LogP contribution >= 0.6 is 11.6 Å². The van der Waals surface area contributed by atoms with Crippen LogP contribution in [0.1, 0.15) is 26.3 Å². The lowest BCUT2D eigenvalue weighted by Gasteiger charge is -2.20. The maximum absolute atomic E-state index is 11.8. The zero-order valence-corrected chi connectivity index (χ0v) is 16.3. The van der Waals surface area contributed by atoms with Crippen LogP contribution in [0.3, 0.4) is 0 Å². The number of halogens is 1. The monoisotopic (exact) mass is 376 g/mol. The van der Waals surface area contributed by atoms with E-state index in [4.69, 9.17) is 21.1 Å². The first-order valence-corrected chi connectivity index (χ1v) is 8.75. The molecule has 1 amide bonds. The Bertz CT molecular complexity index is 740. The number of benzene rings is 2. The minimum absolute atomic E-state index is 0.000780. The van der Waals surface area contributed by atoms with Crippen molar-refractivity contribution in [3.63, 3.8) is 0 Å². The molecule has 0 spiro atoms. The van der Waals surface area contributed by atoms with Crippen molar-refractivity contribution in [2.75, 3.05) is 19.0 Å². The van der Waals surface area contributed by atoms with Crippen molar-refractivity contribution >= 4 is 23.2 Å². The van der Waals surface area contributed by atoms with Gasteiger partial charge in [-0.1, -0.05) is 23.7 Å². The third-order valence-corrected chi connectivity index (χ3v) is 3.75. The van der Waals surface area contributed by atoms with Crippen molar-refractivity contribution in [1.82, 2.24) is 5.32 Å². The third kappa shape index (κ3) is 6.48. The normalized spacial score (nSPS) is 11.0. The van der Waals surface area contributed by atoms with Crippen molar-refractivity contribution < 1.29 is 14.3 Å². The van der Waals surface area contributed by atoms with Gasteiger partial charge in [0.05, 0.1) is 12.1 Å². The van der Waals surface area contributed by atoms with Gasteiger partial charge in [0.1, 0.15) is 11.5 Å². The Kier molecular flexibility index (Phi) is 6.75. The highest BCUT2D eigenvalue weighted by Gasteiger charge is 2.13. The molecule has 0 atom stereocenters. The van der Waals surface area contributed by atoms with Gasteiger partial charge in [0.2, 0.25) is 0 Å². The molecule has 0 fully saturated rings. The summed E-state index contributed by atoms with van der Waals surface area (Å²) in [4.78, 5) is 11.8. The Morgan fingerprint density at radius 1 is 1.12 bits per heavy atom. The topological polar surface area (TPSA) is 59.6 Å². The Morgan fingerprint density at radius 2 is 1.81 bits per heavy atom. The molecule has 0 heterocycles. The van der Waals surface area contributed by atoms with Gasteiger partial charge >= 0.3 is 0 Å². The molecule has 0 aromatic heterocycles. The minimum Gasteiger partial charge on any atom is -0.495 e. The molecule has 6 heteroatoms. The molecular weight excluding hydrogens is 352 g/mol. The number of hydrogen-bond donors (Lipinski definition) is 2. The number of ether oxygens (including phenoxy) is 2. The summed E-state index contributed by atoms with van der Waals surface area (Å²) in [7, 11) is 1.59. The van der Waals surface area contributed by atoms with Gasteiger partial charge in [-0.15, -0.1) is 0 Å². The second-order valence-corrected chi connectivity index (χ2v) is 7.34. The molecule has 2 N–H and O–H groups in total. The van der Waals surface area contributed by atoms with E-state index in [0.717, 1.165) is 11.3 Å². The van der Waals surface area contributed by atoms with Crippen LogP contribution in [0.25, 0.3) is 0 Å². The Balaban J connectivity index is 1.83. The number of nitrogens with one attached hydrogen (secondary N) is 2. The number of methoxy groups -OCH3 is 1. The predicted molar refractivity (Wildman–Crippen MR) is 105 cm³/mol. The molecule has 0 saturated heterocycles. The van der Waals surface area contributed by atoms with Crippen LogP contribution in [0.5, 0.6) is 11.5 Å². The Morgan fingerprint density at radius 3 is 2.38 bits per heavy atom. The van der Waals surface area contributed by atoms with Crippen LogP contribution in [-0.2, 0) is 11.3 Å². The first-order valence-electron chi connectivity index (χ1n) is 8.37. The van der Waals surface area contributed by atoms with Crippen molar-refractivity contribution in [3.8, 4) is 11.5 Å². The van der Waals surface area contributed by atoms with Crippen LogP contribution in [0, 0.1) is 0 Å². The maximum atomic E-state index is 11.8. The lowest BCUT2D eigenvalue weighted by Crippen LogP contribution is -2.43. The number of rotatable bonds is 7. The minimum atomic E-state index is -0.264. The molecule has 2 aromatic rings. The molecule has 26 heavy (non-hydrogen) atoms. The summed E-state index contributed by atoms with van der Waals surface area (Å²) in [5.41, 5.74) is 1.73. The van der Waals surface area contributed by atoms with E-state index in [0.29, 0.717) is 23.1 Å². The largest absolute Gasteiger partial charge is 0.495 e. The SMILES string of the molecule is COc1ccc(NCc2ccc(OCC(=O)NC(C)(C)C)cc2)cc1Cl. The highest BCUT2D eigenvalue weighted by Crippen LogP contribution is 2.27. The molecule has 2 aromatic carbocycles. The van der Waals surface area contributed by atoms with Crippen molar-refractivity contribution in [3.05, 3.63) is 53.1 Å². The second-order valence-electron chi connectivity index (χ2n) is 6.93. The van der Waals surface area contributed by atoms with E-state index in [9.17, 15) is 4.79 Å². The van der Waals surface area contributed by atoms with E-state index >= 15 is 0 Å². The van der Waals surface area contributed by atoms with E-state index in [1.807, 2.05) is 63.2 Å². The highest BCUT2D eigenvalue weighted by molar-refractivity contribution is 6.32. The highest BCUT2D eigenvalue weighted by atomic mass is 35.5. The average molecular weight is 377 g/mol. The number of hydrogen-bond acceptors (Lipinski definition) is 4. The van der Waals surface area contributed by atoms with Gasteiger partial charge in [-0.3, -0.25) is 4.79 Å². The van der Waals surface area contributed by atoms with Crippen molar-refractivity contribution in [1.29, 1.82) is 0 Å². The zero-order chi connectivity index (χ0) is 19.2. The van der Waals surface area contributed by atoms with Gasteiger partial charge in [0, 0.05) is 17.8 Å². The molecule has 2 rings (SSSR count). The third-order valence-electron chi connectivity index (χ3n) is 3.46. The number of carbonyl (C=O) groups excluding carboxylic acids is 1. The predicted octanol–water partition coefficient (Wildman–Crippen LogP) is 4.25. The number of amides is 1. The molecule has 0 unspecified atom stereocenters. The molecule has 0 saturated carbocycles. The van der Waals surface area contributed by atoms with Crippen LogP contribution < -0.4 is 20.1 Å². The van der Waals surface area contributed by atoms with Crippen LogP contribution in [0.15, 0.2) is 42.5 Å². The summed E-state index contributed by atoms with van der Waals surface area (Å²) in [5.74, 6) is 1.17. The van der Waals surface area contributed by atoms with Crippen LogP contribution in [0.4, 0.5) is 5.69 Å².